The van der Waals surface area contributed by atoms with Gasteiger partial charge < -0.3 is 19.9 Å². The van der Waals surface area contributed by atoms with Gasteiger partial charge in [0.1, 0.15) is 5.82 Å². The van der Waals surface area contributed by atoms with Crippen LogP contribution in [-0.4, -0.2) is 62.0 Å². The molecule has 0 spiro atoms. The van der Waals surface area contributed by atoms with Crippen molar-refractivity contribution in [3.05, 3.63) is 66.0 Å². The van der Waals surface area contributed by atoms with Crippen LogP contribution < -0.4 is 10.2 Å². The molecule has 3 rings (SSSR count). The molecule has 7 nitrogen and oxygen atoms in total. The van der Waals surface area contributed by atoms with Crippen molar-refractivity contribution in [1.82, 2.24) is 10.2 Å². The first-order valence-corrected chi connectivity index (χ1v) is 10.3. The van der Waals surface area contributed by atoms with E-state index in [9.17, 15) is 18.8 Å². The highest BCUT2D eigenvalue weighted by atomic mass is 19.1. The molecule has 1 saturated heterocycles. The molecular formula is C23H26FN3O4. The summed E-state index contributed by atoms with van der Waals surface area (Å²) in [5, 5.41) is 2.67. The second kappa shape index (κ2) is 11.1. The lowest BCUT2D eigenvalue weighted by Gasteiger charge is -2.36. The number of rotatable bonds is 8. The van der Waals surface area contributed by atoms with Gasteiger partial charge in [0.15, 0.2) is 6.61 Å². The van der Waals surface area contributed by atoms with Crippen molar-refractivity contribution in [3.63, 3.8) is 0 Å². The molecule has 164 valence electrons. The summed E-state index contributed by atoms with van der Waals surface area (Å²) in [6.45, 7) is 1.69. The van der Waals surface area contributed by atoms with Gasteiger partial charge in [-0.05, 0) is 17.7 Å². The number of ether oxygens (including phenoxy) is 1. The number of amides is 2. The first-order chi connectivity index (χ1) is 15.0. The number of carbonyl (C=O) groups is 3. The molecule has 2 amide bonds. The Morgan fingerprint density at radius 3 is 2.32 bits per heavy atom. The summed E-state index contributed by atoms with van der Waals surface area (Å²) in [4.78, 5) is 39.5. The number of halogens is 1. The third-order valence-electron chi connectivity index (χ3n) is 5.04. The van der Waals surface area contributed by atoms with E-state index >= 15 is 0 Å². The van der Waals surface area contributed by atoms with E-state index in [1.54, 1.807) is 23.1 Å². The van der Waals surface area contributed by atoms with Crippen molar-refractivity contribution in [2.75, 3.05) is 44.2 Å². The molecule has 1 aliphatic rings. The molecule has 1 heterocycles. The van der Waals surface area contributed by atoms with Crippen molar-refractivity contribution in [3.8, 4) is 0 Å². The molecule has 0 unspecified atom stereocenters. The molecule has 2 aromatic carbocycles. The average molecular weight is 427 g/mol. The van der Waals surface area contributed by atoms with Gasteiger partial charge in [0.25, 0.3) is 5.91 Å². The van der Waals surface area contributed by atoms with Gasteiger partial charge in [-0.2, -0.15) is 0 Å². The topological polar surface area (TPSA) is 78.9 Å². The van der Waals surface area contributed by atoms with Crippen LogP contribution in [0.1, 0.15) is 12.0 Å². The Morgan fingerprint density at radius 1 is 0.935 bits per heavy atom. The summed E-state index contributed by atoms with van der Waals surface area (Å²) in [7, 11) is 0. The van der Waals surface area contributed by atoms with Crippen LogP contribution in [0.4, 0.5) is 10.1 Å². The van der Waals surface area contributed by atoms with E-state index < -0.39 is 5.97 Å². The van der Waals surface area contributed by atoms with E-state index in [0.29, 0.717) is 31.9 Å². The van der Waals surface area contributed by atoms with Gasteiger partial charge >= 0.3 is 5.97 Å². The first kappa shape index (κ1) is 22.3. The molecule has 0 aliphatic carbocycles. The highest BCUT2D eigenvalue weighted by Gasteiger charge is 2.23. The molecule has 1 N–H and O–H groups in total. The van der Waals surface area contributed by atoms with Crippen molar-refractivity contribution in [2.24, 2.45) is 0 Å². The van der Waals surface area contributed by atoms with Crippen LogP contribution in [0.2, 0.25) is 0 Å². The summed E-state index contributed by atoms with van der Waals surface area (Å²) in [5.74, 6) is -1.29. The second-order valence-corrected chi connectivity index (χ2v) is 7.24. The van der Waals surface area contributed by atoms with Gasteiger partial charge in [0, 0.05) is 32.7 Å². The number of benzene rings is 2. The van der Waals surface area contributed by atoms with Gasteiger partial charge in [0.05, 0.1) is 18.5 Å². The van der Waals surface area contributed by atoms with Crippen LogP contribution in [0.5, 0.6) is 0 Å². The maximum atomic E-state index is 13.9. The molecule has 2 aromatic rings. The molecule has 1 fully saturated rings. The predicted octanol–water partition coefficient (Wildman–Crippen LogP) is 1.77. The number of esters is 1. The third-order valence-corrected chi connectivity index (χ3v) is 5.04. The molecule has 0 aromatic heterocycles. The summed E-state index contributed by atoms with van der Waals surface area (Å²) < 4.78 is 18.9. The van der Waals surface area contributed by atoms with E-state index in [0.717, 1.165) is 5.56 Å². The van der Waals surface area contributed by atoms with E-state index in [1.807, 2.05) is 35.2 Å². The van der Waals surface area contributed by atoms with Gasteiger partial charge in [0.2, 0.25) is 5.91 Å². The van der Waals surface area contributed by atoms with E-state index in [1.165, 1.54) is 6.07 Å². The van der Waals surface area contributed by atoms with Crippen LogP contribution in [0, 0.1) is 5.82 Å². The van der Waals surface area contributed by atoms with Crippen molar-refractivity contribution in [2.45, 2.75) is 12.8 Å². The van der Waals surface area contributed by atoms with E-state index in [4.69, 9.17) is 4.74 Å². The smallest absolute Gasteiger partial charge is 0.308 e. The Kier molecular flexibility index (Phi) is 7.98. The molecule has 1 aliphatic heterocycles. The number of para-hydroxylation sites is 1. The van der Waals surface area contributed by atoms with Gasteiger partial charge in [-0.25, -0.2) is 4.39 Å². The lowest BCUT2D eigenvalue weighted by Crippen LogP contribution is -2.50. The van der Waals surface area contributed by atoms with Gasteiger partial charge in [-0.3, -0.25) is 14.4 Å². The average Bonchev–Trinajstić information content (AvgIpc) is 2.78. The minimum atomic E-state index is -0.543. The van der Waals surface area contributed by atoms with Crippen LogP contribution in [0.3, 0.4) is 0 Å². The number of hydrogen-bond donors (Lipinski definition) is 1. The molecular weight excluding hydrogens is 401 g/mol. The number of anilines is 1. The summed E-state index contributed by atoms with van der Waals surface area (Å²) in [6, 6.07) is 15.9. The Labute approximate surface area is 180 Å². The quantitative estimate of drug-likeness (QED) is 0.650. The van der Waals surface area contributed by atoms with Crippen LogP contribution >= 0.6 is 0 Å². The second-order valence-electron chi connectivity index (χ2n) is 7.24. The fourth-order valence-electron chi connectivity index (χ4n) is 3.36. The third kappa shape index (κ3) is 6.80. The minimum absolute atomic E-state index is 0.00509. The SMILES string of the molecule is O=C(Cc1ccccc1)NCCC(=O)OCC(=O)N1CCN(c2ccccc2F)CC1. The largest absolute Gasteiger partial charge is 0.456 e. The lowest BCUT2D eigenvalue weighted by molar-refractivity contribution is -0.152. The fourth-order valence-corrected chi connectivity index (χ4v) is 3.36. The lowest BCUT2D eigenvalue weighted by atomic mass is 10.1. The van der Waals surface area contributed by atoms with Gasteiger partial charge in [-0.15, -0.1) is 0 Å². The molecule has 0 bridgehead atoms. The molecule has 31 heavy (non-hydrogen) atoms. The van der Waals surface area contributed by atoms with Crippen molar-refractivity contribution < 1.29 is 23.5 Å². The molecule has 0 atom stereocenters. The first-order valence-electron chi connectivity index (χ1n) is 10.3. The molecule has 0 saturated carbocycles. The van der Waals surface area contributed by atoms with Crippen molar-refractivity contribution in [1.29, 1.82) is 0 Å². The predicted molar refractivity (Wildman–Crippen MR) is 114 cm³/mol. The molecule has 0 radical (unpaired) electrons. The Bertz CT molecular complexity index is 899. The zero-order valence-corrected chi connectivity index (χ0v) is 17.3. The van der Waals surface area contributed by atoms with E-state index in [2.05, 4.69) is 5.32 Å². The number of hydrogen-bond acceptors (Lipinski definition) is 5. The van der Waals surface area contributed by atoms with Crippen LogP contribution in [-0.2, 0) is 25.5 Å². The maximum absolute atomic E-state index is 13.9. The summed E-state index contributed by atoms with van der Waals surface area (Å²) >= 11 is 0. The van der Waals surface area contributed by atoms with Crippen LogP contribution in [0.25, 0.3) is 0 Å². The number of piperazine rings is 1. The van der Waals surface area contributed by atoms with Crippen molar-refractivity contribution >= 4 is 23.5 Å². The number of nitrogens with one attached hydrogen (secondary N) is 1. The van der Waals surface area contributed by atoms with Gasteiger partial charge in [-0.1, -0.05) is 42.5 Å². The van der Waals surface area contributed by atoms with E-state index in [-0.39, 0.29) is 43.6 Å². The minimum Gasteiger partial charge on any atom is -0.456 e. The highest BCUT2D eigenvalue weighted by Crippen LogP contribution is 2.20. The standard InChI is InChI=1S/C23H26FN3O4/c24-19-8-4-5-9-20(19)26-12-14-27(15-13-26)22(29)17-31-23(30)10-11-25-21(28)16-18-6-2-1-3-7-18/h1-9H,10-17H2,(H,25,28). The zero-order valence-electron chi connectivity index (χ0n) is 17.3. The normalized spacial score (nSPS) is 13.6. The fraction of sp³-hybridized carbons (Fsp3) is 0.348. The summed E-state index contributed by atoms with van der Waals surface area (Å²) in [5.41, 5.74) is 1.42. The maximum Gasteiger partial charge on any atom is 0.308 e. The highest BCUT2D eigenvalue weighted by molar-refractivity contribution is 5.82. The Morgan fingerprint density at radius 2 is 1.61 bits per heavy atom. The van der Waals surface area contributed by atoms with Crippen LogP contribution in [0.15, 0.2) is 54.6 Å². The summed E-state index contributed by atoms with van der Waals surface area (Å²) in [6.07, 6.45) is 0.238. The monoisotopic (exact) mass is 427 g/mol. The molecule has 8 heteroatoms. The Balaban J connectivity index is 1.31. The number of carbonyl (C=O) groups excluding carboxylic acids is 3. The zero-order chi connectivity index (χ0) is 22.1. The Hall–Kier alpha value is -3.42. The number of nitrogens with zero attached hydrogens (tertiary/aromatic N) is 2.